The number of aliphatic hydroxyl groups is 6. The van der Waals surface area contributed by atoms with Crippen molar-refractivity contribution in [1.82, 2.24) is 39.3 Å². The van der Waals surface area contributed by atoms with Crippen LogP contribution < -0.4 is 55.9 Å². The van der Waals surface area contributed by atoms with Crippen molar-refractivity contribution >= 4 is 183 Å². The molecule has 0 saturated carbocycles. The van der Waals surface area contributed by atoms with Crippen LogP contribution in [0.2, 0.25) is 20.1 Å². The van der Waals surface area contributed by atoms with Crippen molar-refractivity contribution in [3.63, 3.8) is 0 Å². The van der Waals surface area contributed by atoms with E-state index >= 15 is 8.78 Å². The van der Waals surface area contributed by atoms with Crippen LogP contribution >= 0.6 is 147 Å². The van der Waals surface area contributed by atoms with Crippen LogP contribution in [0.25, 0.3) is 0 Å². The standard InChI is InChI=1S/C24H30ClFN3O11P.C22H28ClFN3O10P.C12H16Cl2NO4P.C11H14FNO6.C6H4Cl3O2P.Cl3OP/c1-13(2)37-19(32)14(3)28-41(35,40-17-8-6-16(25)7-9-17)36-12-24(26)20(38-15(4)30)23(5,34)21(39-24)29-11-10-18(31)27-22(29)33;1-12(2)35-17(29)13(3)26-38(33,37-15-7-5-14(23)6-8-15)34-11-22(24)18(30)21(4,32)19(36-22)27-10-9-16(28)25-20(27)31;1-8(2)18-12(16)9(3)15-20(14,17)19-11-6-4-10(13)5-7-11;1-10(18)8(17)11(12,5-14)19-9(10)13-3-2-6(15)4-7(13)16;7-5-1-3-6(4-2-5)11-12(8,9)10;1-5(2,3)4/h6-11,13-14,20-21,34H,12H2,1-5H3,(H,28,35)(H,27,31,33);5-10,12-13,18-19,30,32H,11H2,1-4H3,(H,26,33)(H,25,28,31);4-9H,1-3H3,(H,15,17);2-3,8-9,14,17-18H,4-5H2,1H3;1-4H;/t14-,20-,21+,23+,24+,41?;13-,18-,19+,21+,22+,38?;9-,20?;8-,9+,10+,11+;;/m0000../s1. The van der Waals surface area contributed by atoms with Crippen molar-refractivity contribution in [2.45, 2.75) is 204 Å². The van der Waals surface area contributed by atoms with Crippen molar-refractivity contribution in [3.05, 3.63) is 196 Å². The normalized spacial score (nSPS) is 25.5. The molecule has 0 aliphatic carbocycles. The number of benzene rings is 4. The number of hydrogen-bond acceptors (Lipinski definition) is 34. The number of ketones is 1. The lowest BCUT2D eigenvalue weighted by Gasteiger charge is -2.34. The number of carbonyl (C=O) groups is 6. The Bertz CT molecular complexity index is 5630. The highest BCUT2D eigenvalue weighted by atomic mass is 36.0. The number of rotatable bonds is 31. The Kier molecular flexibility index (Phi) is 43.8. The summed E-state index contributed by atoms with van der Waals surface area (Å²) in [5.74, 6) is -13.1. The van der Waals surface area contributed by atoms with Crippen molar-refractivity contribution in [2.24, 2.45) is 0 Å². The van der Waals surface area contributed by atoms with Gasteiger partial charge in [-0.05, 0) is 220 Å². The number of aromatic nitrogens is 4. The average molecular weight is 2220 g/mol. The molecule has 3 saturated heterocycles. The number of allylic oxidation sites excluding steroid dienone is 1. The van der Waals surface area contributed by atoms with Gasteiger partial charge in [0.15, 0.2) is 30.6 Å². The number of aromatic amines is 2. The molecule has 6 heterocycles. The number of hydrogen-bond donors (Lipinski definition) is 11. The van der Waals surface area contributed by atoms with Crippen molar-refractivity contribution in [2.75, 3.05) is 19.8 Å². The van der Waals surface area contributed by atoms with E-state index in [1.807, 2.05) is 9.97 Å². The van der Waals surface area contributed by atoms with Crippen molar-refractivity contribution < 1.29 is 156 Å². The van der Waals surface area contributed by atoms with Gasteiger partial charge in [0.25, 0.3) is 28.7 Å². The first-order valence-corrected chi connectivity index (χ1v) is 53.7. The summed E-state index contributed by atoms with van der Waals surface area (Å²) < 4.78 is 174. The van der Waals surface area contributed by atoms with Gasteiger partial charge in [-0.1, -0.05) is 46.4 Å². The first-order chi connectivity index (χ1) is 61.9. The fraction of sp³-hybridized carbons (Fsp3) is 0.467. The topological polar surface area (TPSA) is 578 Å². The fourth-order valence-corrected chi connectivity index (χ4v) is 17.5. The number of ether oxygens (including phenoxy) is 7. The zero-order valence-electron chi connectivity index (χ0n) is 72.6. The predicted molar refractivity (Wildman–Crippen MR) is 486 cm³/mol. The van der Waals surface area contributed by atoms with Gasteiger partial charge in [-0.25, -0.2) is 46.1 Å². The van der Waals surface area contributed by atoms with Crippen molar-refractivity contribution in [1.29, 1.82) is 0 Å². The summed E-state index contributed by atoms with van der Waals surface area (Å²) in [4.78, 5) is 123. The lowest BCUT2D eigenvalue weighted by atomic mass is 9.94. The number of nitrogens with one attached hydrogen (secondary N) is 5. The van der Waals surface area contributed by atoms with Gasteiger partial charge in [0.05, 0.1) is 24.7 Å². The Morgan fingerprint density at radius 1 is 0.489 bits per heavy atom. The summed E-state index contributed by atoms with van der Waals surface area (Å²) in [6.45, 7) is 10.5. The van der Waals surface area contributed by atoms with Gasteiger partial charge < -0.3 is 81.9 Å². The summed E-state index contributed by atoms with van der Waals surface area (Å²) in [7, 11) is -9.27. The first kappa shape index (κ1) is 119. The number of carbonyl (C=O) groups excluding carboxylic acids is 6. The van der Waals surface area contributed by atoms with Gasteiger partial charge in [0.1, 0.15) is 90.0 Å². The molecular formula is C75H92Cl10F3N8O34P5. The average Bonchev–Trinajstić information content (AvgIpc) is 1.57. The maximum atomic E-state index is 16.5. The number of H-pyrrole nitrogens is 2. The van der Waals surface area contributed by atoms with Crippen LogP contribution in [0.4, 0.5) is 13.2 Å². The molecule has 18 atom stereocenters. The molecule has 4 aliphatic heterocycles. The summed E-state index contributed by atoms with van der Waals surface area (Å²) in [6.07, 6.45) is -12.9. The van der Waals surface area contributed by atoms with Gasteiger partial charge >= 0.3 is 68.9 Å². The maximum Gasteiger partial charge on any atom is 0.459 e. The zero-order valence-corrected chi connectivity index (χ0v) is 84.6. The highest BCUT2D eigenvalue weighted by Gasteiger charge is 2.68. The molecule has 4 aliphatic rings. The third-order valence-corrected chi connectivity index (χ3v) is 24.2. The minimum Gasteiger partial charge on any atom is -0.462 e. The SMILES string of the molecule is CC(=O)O[C@H]1[C@@](C)(O)[C@H](n2ccc(=O)[nH]c2=O)O[C@]1(F)COP(=O)(N[C@@H](C)C(=O)OC(C)C)Oc1ccc(Cl)cc1.CC(C)OC(=O)[C@H](C)NP(=O)(Cl)Oc1ccc(Cl)cc1.CC(C)OC(=O)[C@H](C)NP(=O)(OC[C@@]1(F)O[C@@H](n2ccc(=O)[nH]c2=O)[C@](C)(O)[C@@H]1O)Oc1ccc(Cl)cc1.C[C@]1(O)[C@H](N2C=CC(=O)CC2=O)O[C@](F)(CO)[C@H]1O.O=P(Cl)(Cl)Cl.O=P(Cl)(Cl)Oc1ccc(Cl)cc1. The van der Waals surface area contributed by atoms with Crippen LogP contribution in [0.15, 0.2) is 153 Å². The van der Waals surface area contributed by atoms with E-state index in [1.54, 1.807) is 65.8 Å². The van der Waals surface area contributed by atoms with Gasteiger partial charge in [-0.3, -0.25) is 76.0 Å². The molecule has 752 valence electrons. The summed E-state index contributed by atoms with van der Waals surface area (Å²) in [6, 6.07) is 21.9. The molecule has 0 spiro atoms. The molecule has 4 aromatic carbocycles. The molecule has 3 fully saturated rings. The number of amides is 1. The van der Waals surface area contributed by atoms with Gasteiger partial charge in [-0.2, -0.15) is 10.2 Å². The van der Waals surface area contributed by atoms with Gasteiger partial charge in [0, 0.05) is 91.5 Å². The van der Waals surface area contributed by atoms with E-state index in [0.717, 1.165) is 69.4 Å². The summed E-state index contributed by atoms with van der Waals surface area (Å²) in [5, 5.41) is 66.9. The van der Waals surface area contributed by atoms with Crippen LogP contribution in [0.5, 0.6) is 23.0 Å². The summed E-state index contributed by atoms with van der Waals surface area (Å²) >= 11 is 53.0. The van der Waals surface area contributed by atoms with Crippen LogP contribution in [0.1, 0.15) is 109 Å². The third-order valence-electron chi connectivity index (χ3n) is 17.4. The molecule has 1 amide bonds. The van der Waals surface area contributed by atoms with E-state index < -0.39 is 220 Å². The minimum absolute atomic E-state index is 0.0277. The lowest BCUT2D eigenvalue weighted by Crippen LogP contribution is -2.54. The molecule has 60 heteroatoms. The van der Waals surface area contributed by atoms with E-state index in [4.69, 9.17) is 141 Å². The second kappa shape index (κ2) is 49.7. The van der Waals surface area contributed by atoms with E-state index in [-0.39, 0.29) is 23.4 Å². The third kappa shape index (κ3) is 36.8. The number of aliphatic hydroxyl groups excluding tert-OH is 3. The molecule has 11 N–H and O–H groups in total. The first-order valence-electron chi connectivity index (χ1n) is 38.7. The predicted octanol–water partition coefficient (Wildman–Crippen LogP) is 13.4. The van der Waals surface area contributed by atoms with Crippen LogP contribution in [-0.4, -0.2) is 205 Å². The molecule has 0 radical (unpaired) electrons. The fourth-order valence-electron chi connectivity index (χ4n) is 11.5. The van der Waals surface area contributed by atoms with Gasteiger partial charge in [-0.15, -0.1) is 0 Å². The highest BCUT2D eigenvalue weighted by Crippen LogP contribution is 2.62. The molecule has 3 unspecified atom stereocenters. The lowest BCUT2D eigenvalue weighted by molar-refractivity contribution is -0.214. The Hall–Kier alpha value is -6.52. The molecule has 6 aromatic rings. The highest BCUT2D eigenvalue weighted by molar-refractivity contribution is 8.24. The number of alkyl halides is 3. The van der Waals surface area contributed by atoms with E-state index in [9.17, 15) is 101 Å². The van der Waals surface area contributed by atoms with Crippen molar-refractivity contribution in [3.8, 4) is 23.0 Å². The van der Waals surface area contributed by atoms with E-state index in [0.29, 0.717) is 35.0 Å². The maximum absolute atomic E-state index is 16.5. The molecule has 42 nitrogen and oxygen atoms in total. The minimum atomic E-state index is -4.67. The number of nitrogens with zero attached hydrogens (tertiary/aromatic N) is 3. The Balaban J connectivity index is 0.000000311. The smallest absolute Gasteiger partial charge is 0.459 e. The van der Waals surface area contributed by atoms with Crippen LogP contribution in [-0.2, 0) is 93.8 Å². The molecule has 2 aromatic heterocycles. The van der Waals surface area contributed by atoms with Crippen LogP contribution in [0.3, 0.4) is 0 Å². The van der Waals surface area contributed by atoms with Crippen LogP contribution in [0, 0.1) is 0 Å². The number of esters is 4. The molecule has 0 bridgehead atoms. The largest absolute Gasteiger partial charge is 0.462 e. The van der Waals surface area contributed by atoms with E-state index in [2.05, 4.69) is 53.5 Å². The Labute approximate surface area is 815 Å². The Morgan fingerprint density at radius 3 is 1.14 bits per heavy atom. The second-order valence-electron chi connectivity index (χ2n) is 30.2. The summed E-state index contributed by atoms with van der Waals surface area (Å²) in [5.41, 5.74) is -10.6. The molecule has 135 heavy (non-hydrogen) atoms. The molecule has 10 rings (SSSR count). The van der Waals surface area contributed by atoms with E-state index in [1.165, 1.54) is 93.6 Å². The second-order valence-corrected chi connectivity index (χ2v) is 48.9. The number of halogens is 13. The zero-order chi connectivity index (χ0) is 103. The Morgan fingerprint density at radius 2 is 0.807 bits per heavy atom. The molecular weight excluding hydrogens is 2120 g/mol. The van der Waals surface area contributed by atoms with Gasteiger partial charge in [0.2, 0.25) is 5.91 Å². The monoisotopic (exact) mass is 2210 g/mol. The quantitative estimate of drug-likeness (QED) is 0.00833.